The molecule has 6 heteroatoms. The molecule has 2 aliphatic rings. The molecule has 2 aromatic rings. The van der Waals surface area contributed by atoms with Crippen molar-refractivity contribution in [2.45, 2.75) is 19.4 Å². The number of hydrogen-bond donors (Lipinski definition) is 2. The normalized spacial score (nSPS) is 20.2. The minimum absolute atomic E-state index is 0.0653. The molecule has 2 fully saturated rings. The number of nitrogens with zero attached hydrogens (tertiary/aromatic N) is 2. The summed E-state index contributed by atoms with van der Waals surface area (Å²) in [5.74, 6) is 1.41. The van der Waals surface area contributed by atoms with Crippen LogP contribution in [0.1, 0.15) is 12.0 Å². The Labute approximate surface area is 166 Å². The van der Waals surface area contributed by atoms with Crippen LogP contribution in [0.3, 0.4) is 0 Å². The Balaban J connectivity index is 1.37. The average molecular weight is 380 g/mol. The fraction of sp³-hybridized carbons (Fsp3) is 0.409. The smallest absolute Gasteiger partial charge is 0.322 e. The molecule has 2 aliphatic heterocycles. The number of aryl methyl sites for hydroxylation is 1. The van der Waals surface area contributed by atoms with Gasteiger partial charge in [-0.05, 0) is 49.7 Å². The van der Waals surface area contributed by atoms with E-state index in [9.17, 15) is 4.79 Å². The van der Waals surface area contributed by atoms with Gasteiger partial charge in [0.2, 0.25) is 0 Å². The summed E-state index contributed by atoms with van der Waals surface area (Å²) in [6.45, 7) is 7.57. The number of amides is 2. The fourth-order valence-corrected chi connectivity index (χ4v) is 3.90. The predicted molar refractivity (Wildman–Crippen MR) is 111 cm³/mol. The fourth-order valence-electron chi connectivity index (χ4n) is 3.90. The van der Waals surface area contributed by atoms with E-state index in [1.807, 2.05) is 60.4 Å². The van der Waals surface area contributed by atoms with Crippen molar-refractivity contribution in [3.05, 3.63) is 54.1 Å². The first kappa shape index (κ1) is 18.8. The quantitative estimate of drug-likeness (QED) is 0.855. The first-order valence-electron chi connectivity index (χ1n) is 10.0. The van der Waals surface area contributed by atoms with Gasteiger partial charge in [-0.25, -0.2) is 4.79 Å². The molecule has 0 bridgehead atoms. The van der Waals surface area contributed by atoms with Crippen LogP contribution in [-0.2, 0) is 0 Å². The zero-order chi connectivity index (χ0) is 19.3. The Morgan fingerprint density at radius 2 is 1.93 bits per heavy atom. The Hall–Kier alpha value is -2.57. The molecule has 0 aromatic heterocycles. The number of piperazine rings is 1. The molecule has 2 heterocycles. The van der Waals surface area contributed by atoms with Crippen molar-refractivity contribution in [2.75, 3.05) is 44.6 Å². The van der Waals surface area contributed by atoms with Crippen molar-refractivity contribution in [3.8, 4) is 11.5 Å². The van der Waals surface area contributed by atoms with Crippen LogP contribution < -0.4 is 15.4 Å². The van der Waals surface area contributed by atoms with E-state index >= 15 is 0 Å². The molecule has 28 heavy (non-hydrogen) atoms. The summed E-state index contributed by atoms with van der Waals surface area (Å²) >= 11 is 0. The van der Waals surface area contributed by atoms with E-state index in [-0.39, 0.29) is 6.03 Å². The lowest BCUT2D eigenvalue weighted by atomic mass is 10.2. The summed E-state index contributed by atoms with van der Waals surface area (Å²) in [5.41, 5.74) is 1.82. The molecular weight excluding hydrogens is 352 g/mol. The number of urea groups is 1. The molecule has 0 aliphatic carbocycles. The van der Waals surface area contributed by atoms with Crippen LogP contribution in [0.5, 0.6) is 11.5 Å². The molecule has 6 nitrogen and oxygen atoms in total. The van der Waals surface area contributed by atoms with Crippen molar-refractivity contribution in [1.29, 1.82) is 0 Å². The molecule has 0 radical (unpaired) electrons. The van der Waals surface area contributed by atoms with Crippen molar-refractivity contribution in [3.63, 3.8) is 0 Å². The number of para-hydroxylation sites is 2. The van der Waals surface area contributed by atoms with E-state index in [1.165, 1.54) is 6.42 Å². The van der Waals surface area contributed by atoms with Gasteiger partial charge in [0.25, 0.3) is 0 Å². The first-order valence-corrected chi connectivity index (χ1v) is 10.0. The van der Waals surface area contributed by atoms with E-state index < -0.39 is 0 Å². The van der Waals surface area contributed by atoms with Gasteiger partial charge in [-0.1, -0.05) is 24.3 Å². The highest BCUT2D eigenvalue weighted by molar-refractivity contribution is 5.91. The van der Waals surface area contributed by atoms with Crippen molar-refractivity contribution < 1.29 is 9.53 Å². The highest BCUT2D eigenvalue weighted by atomic mass is 16.5. The molecule has 2 amide bonds. The van der Waals surface area contributed by atoms with Gasteiger partial charge in [-0.15, -0.1) is 0 Å². The number of rotatable bonds is 4. The lowest BCUT2D eigenvalue weighted by Crippen LogP contribution is -2.53. The maximum atomic E-state index is 12.8. The summed E-state index contributed by atoms with van der Waals surface area (Å²) < 4.78 is 6.01. The minimum atomic E-state index is -0.0653. The second kappa shape index (κ2) is 8.63. The van der Waals surface area contributed by atoms with Crippen LogP contribution in [0.15, 0.2) is 48.5 Å². The average Bonchev–Trinajstić information content (AvgIpc) is 3.24. The van der Waals surface area contributed by atoms with Crippen LogP contribution in [0.25, 0.3) is 0 Å². The van der Waals surface area contributed by atoms with Crippen LogP contribution in [0.2, 0.25) is 0 Å². The van der Waals surface area contributed by atoms with Crippen molar-refractivity contribution in [1.82, 2.24) is 15.1 Å². The Morgan fingerprint density at radius 3 is 2.68 bits per heavy atom. The third-order valence-corrected chi connectivity index (χ3v) is 5.50. The molecule has 148 valence electrons. The highest BCUT2D eigenvalue weighted by Gasteiger charge is 2.28. The van der Waals surface area contributed by atoms with Crippen LogP contribution >= 0.6 is 0 Å². The summed E-state index contributed by atoms with van der Waals surface area (Å²) in [7, 11) is 0. The van der Waals surface area contributed by atoms with Gasteiger partial charge in [0, 0.05) is 38.8 Å². The second-order valence-electron chi connectivity index (χ2n) is 7.51. The van der Waals surface area contributed by atoms with Gasteiger partial charge >= 0.3 is 6.03 Å². The number of nitrogens with one attached hydrogen (secondary N) is 2. The van der Waals surface area contributed by atoms with Gasteiger partial charge in [0.15, 0.2) is 5.75 Å². The molecule has 2 aromatic carbocycles. The third-order valence-electron chi connectivity index (χ3n) is 5.50. The molecule has 1 atom stereocenters. The molecule has 2 saturated heterocycles. The van der Waals surface area contributed by atoms with Gasteiger partial charge in [0.05, 0.1) is 5.69 Å². The number of ether oxygens (including phenoxy) is 1. The summed E-state index contributed by atoms with van der Waals surface area (Å²) in [5, 5.41) is 6.45. The zero-order valence-corrected chi connectivity index (χ0v) is 16.4. The molecule has 0 spiro atoms. The Bertz CT molecular complexity index is 812. The van der Waals surface area contributed by atoms with E-state index in [0.717, 1.165) is 50.6 Å². The van der Waals surface area contributed by atoms with Crippen LogP contribution in [-0.4, -0.2) is 61.1 Å². The van der Waals surface area contributed by atoms with E-state index in [1.54, 1.807) is 0 Å². The van der Waals surface area contributed by atoms with E-state index in [2.05, 4.69) is 15.5 Å². The lowest BCUT2D eigenvalue weighted by Gasteiger charge is -2.37. The number of hydrogen-bond acceptors (Lipinski definition) is 4. The maximum absolute atomic E-state index is 12.8. The Morgan fingerprint density at radius 1 is 1.11 bits per heavy atom. The maximum Gasteiger partial charge on any atom is 0.322 e. The molecular formula is C22H28N4O2. The lowest BCUT2D eigenvalue weighted by molar-refractivity contribution is 0.119. The minimum Gasteiger partial charge on any atom is -0.455 e. The van der Waals surface area contributed by atoms with E-state index in [4.69, 9.17) is 4.74 Å². The summed E-state index contributed by atoms with van der Waals surface area (Å²) in [6.07, 6.45) is 1.20. The van der Waals surface area contributed by atoms with Gasteiger partial charge in [0.1, 0.15) is 5.75 Å². The topological polar surface area (TPSA) is 56.8 Å². The predicted octanol–water partition coefficient (Wildman–Crippen LogP) is 3.30. The molecule has 2 N–H and O–H groups in total. The third kappa shape index (κ3) is 4.46. The van der Waals surface area contributed by atoms with Crippen LogP contribution in [0.4, 0.5) is 10.5 Å². The summed E-state index contributed by atoms with van der Waals surface area (Å²) in [4.78, 5) is 17.2. The number of anilines is 1. The second-order valence-corrected chi connectivity index (χ2v) is 7.51. The van der Waals surface area contributed by atoms with Gasteiger partial charge < -0.3 is 20.3 Å². The standard InChI is InChI=1S/C22H28N4O2/c1-17-5-4-6-19(15-17)28-21-8-3-2-7-20(21)24-22(27)26-13-11-25(12-14-26)18-9-10-23-16-18/h2-8,15,18,23H,9-14,16H2,1H3,(H,24,27)/t18-/m0/s1. The molecule has 4 rings (SSSR count). The van der Waals surface area contributed by atoms with Crippen LogP contribution in [0, 0.1) is 6.92 Å². The highest BCUT2D eigenvalue weighted by Crippen LogP contribution is 2.30. The Kier molecular flexibility index (Phi) is 5.78. The number of carbonyl (C=O) groups excluding carboxylic acids is 1. The van der Waals surface area contributed by atoms with E-state index in [0.29, 0.717) is 17.5 Å². The van der Waals surface area contributed by atoms with Crippen molar-refractivity contribution >= 4 is 11.7 Å². The largest absolute Gasteiger partial charge is 0.455 e. The SMILES string of the molecule is Cc1cccc(Oc2ccccc2NC(=O)N2CCN([C@H]3CCNC3)CC2)c1. The molecule has 0 saturated carbocycles. The van der Waals surface area contributed by atoms with Crippen molar-refractivity contribution in [2.24, 2.45) is 0 Å². The number of carbonyl (C=O) groups is 1. The molecule has 0 unspecified atom stereocenters. The first-order chi connectivity index (χ1) is 13.7. The zero-order valence-electron chi connectivity index (χ0n) is 16.4. The monoisotopic (exact) mass is 380 g/mol. The summed E-state index contributed by atoms with van der Waals surface area (Å²) in [6, 6.07) is 16.0. The van der Waals surface area contributed by atoms with Gasteiger partial charge in [-0.3, -0.25) is 4.90 Å². The number of benzene rings is 2. The van der Waals surface area contributed by atoms with Gasteiger partial charge in [-0.2, -0.15) is 0 Å².